The molecule has 1 aromatic carbocycles. The monoisotopic (exact) mass is 324 g/mol. The number of aliphatic carboxylic acids is 1. The Balaban J connectivity index is 2.48. The quantitative estimate of drug-likeness (QED) is 0.712. The summed E-state index contributed by atoms with van der Waals surface area (Å²) in [5.41, 5.74) is 1.67. The highest BCUT2D eigenvalue weighted by Crippen LogP contribution is 2.17. The smallest absolute Gasteiger partial charge is 0.304 e. The minimum atomic E-state index is -0.803. The molecule has 0 aliphatic heterocycles. The summed E-state index contributed by atoms with van der Waals surface area (Å²) in [6.07, 6.45) is 0.137. The van der Waals surface area contributed by atoms with Crippen molar-refractivity contribution in [2.75, 3.05) is 24.7 Å². The second kappa shape index (κ2) is 9.09. The van der Waals surface area contributed by atoms with Gasteiger partial charge in [0.25, 0.3) is 0 Å². The van der Waals surface area contributed by atoms with Gasteiger partial charge in [0.15, 0.2) is 0 Å². The molecule has 0 heterocycles. The fourth-order valence-corrected chi connectivity index (χ4v) is 2.49. The van der Waals surface area contributed by atoms with E-state index >= 15 is 0 Å². The van der Waals surface area contributed by atoms with E-state index in [1.807, 2.05) is 18.2 Å². The predicted molar refractivity (Wildman–Crippen MR) is 86.8 cm³/mol. The van der Waals surface area contributed by atoms with Gasteiger partial charge in [-0.1, -0.05) is 12.1 Å². The SMILES string of the molecule is CC(=O)N(C)CC(=O)Nc1cccc(CSCCC(=O)O)c1. The predicted octanol–water partition coefficient (Wildman–Crippen LogP) is 1.81. The van der Waals surface area contributed by atoms with Gasteiger partial charge in [-0.15, -0.1) is 0 Å². The van der Waals surface area contributed by atoms with Crippen molar-refractivity contribution < 1.29 is 19.5 Å². The number of carboxylic acid groups (broad SMARTS) is 1. The molecule has 22 heavy (non-hydrogen) atoms. The van der Waals surface area contributed by atoms with Crippen molar-refractivity contribution in [3.05, 3.63) is 29.8 Å². The minimum Gasteiger partial charge on any atom is -0.481 e. The summed E-state index contributed by atoms with van der Waals surface area (Å²) >= 11 is 1.53. The molecule has 120 valence electrons. The highest BCUT2D eigenvalue weighted by Gasteiger charge is 2.09. The lowest BCUT2D eigenvalue weighted by Gasteiger charge is -2.14. The van der Waals surface area contributed by atoms with Crippen LogP contribution in [0, 0.1) is 0 Å². The number of thioether (sulfide) groups is 1. The summed E-state index contributed by atoms with van der Waals surface area (Å²) in [6, 6.07) is 7.37. The van der Waals surface area contributed by atoms with E-state index < -0.39 is 5.97 Å². The Bertz CT molecular complexity index is 548. The van der Waals surface area contributed by atoms with Crippen LogP contribution in [0.2, 0.25) is 0 Å². The Labute approximate surface area is 133 Å². The van der Waals surface area contributed by atoms with Gasteiger partial charge in [-0.2, -0.15) is 11.8 Å². The molecule has 0 bridgehead atoms. The standard InChI is InChI=1S/C15H20N2O4S/c1-11(18)17(2)9-14(19)16-13-5-3-4-12(8-13)10-22-7-6-15(20)21/h3-5,8H,6-7,9-10H2,1-2H3,(H,16,19)(H,20,21). The molecule has 1 rings (SSSR count). The molecule has 0 saturated heterocycles. The van der Waals surface area contributed by atoms with Crippen LogP contribution in [0.25, 0.3) is 0 Å². The molecule has 2 N–H and O–H groups in total. The molecule has 0 fully saturated rings. The Morgan fingerprint density at radius 2 is 2.05 bits per heavy atom. The third-order valence-corrected chi connectivity index (χ3v) is 3.89. The number of rotatable bonds is 8. The van der Waals surface area contributed by atoms with Crippen molar-refractivity contribution in [1.29, 1.82) is 0 Å². The van der Waals surface area contributed by atoms with E-state index in [-0.39, 0.29) is 24.8 Å². The van der Waals surface area contributed by atoms with Crippen molar-refractivity contribution in [3.8, 4) is 0 Å². The third-order valence-electron chi connectivity index (χ3n) is 2.86. The zero-order chi connectivity index (χ0) is 16.5. The topological polar surface area (TPSA) is 86.7 Å². The molecule has 0 saturated carbocycles. The lowest BCUT2D eigenvalue weighted by Crippen LogP contribution is -2.33. The fraction of sp³-hybridized carbons (Fsp3) is 0.400. The molecule has 7 heteroatoms. The number of hydrogen-bond acceptors (Lipinski definition) is 4. The first-order valence-corrected chi connectivity index (χ1v) is 7.94. The number of anilines is 1. The summed E-state index contributed by atoms with van der Waals surface area (Å²) in [7, 11) is 1.57. The van der Waals surface area contributed by atoms with Gasteiger partial charge < -0.3 is 15.3 Å². The number of hydrogen-bond donors (Lipinski definition) is 2. The summed E-state index contributed by atoms with van der Waals surface area (Å²) in [4.78, 5) is 34.6. The van der Waals surface area contributed by atoms with E-state index in [0.717, 1.165) is 5.56 Å². The van der Waals surface area contributed by atoms with Crippen molar-refractivity contribution in [2.24, 2.45) is 0 Å². The highest BCUT2D eigenvalue weighted by molar-refractivity contribution is 7.98. The molecule has 0 aliphatic rings. The summed E-state index contributed by atoms with van der Waals surface area (Å²) in [5.74, 6) is 0.00913. The summed E-state index contributed by atoms with van der Waals surface area (Å²) in [5, 5.41) is 11.3. The van der Waals surface area contributed by atoms with Gasteiger partial charge in [0, 0.05) is 31.2 Å². The average Bonchev–Trinajstić information content (AvgIpc) is 2.43. The second-order valence-corrected chi connectivity index (χ2v) is 5.93. The molecule has 0 aliphatic carbocycles. The van der Waals surface area contributed by atoms with Gasteiger partial charge in [0.1, 0.15) is 0 Å². The number of carbonyl (C=O) groups is 3. The molecule has 0 aromatic heterocycles. The number of carboxylic acids is 1. The zero-order valence-corrected chi connectivity index (χ0v) is 13.5. The Morgan fingerprint density at radius 1 is 1.32 bits per heavy atom. The normalized spacial score (nSPS) is 10.1. The van der Waals surface area contributed by atoms with E-state index in [2.05, 4.69) is 5.32 Å². The maximum absolute atomic E-state index is 11.8. The number of nitrogens with one attached hydrogen (secondary N) is 1. The lowest BCUT2D eigenvalue weighted by molar-refractivity contribution is -0.136. The number of carbonyl (C=O) groups excluding carboxylic acids is 2. The maximum Gasteiger partial charge on any atom is 0.304 e. The van der Waals surface area contributed by atoms with Gasteiger partial charge >= 0.3 is 5.97 Å². The van der Waals surface area contributed by atoms with Crippen LogP contribution in [0.4, 0.5) is 5.69 Å². The van der Waals surface area contributed by atoms with E-state index in [1.165, 1.54) is 23.6 Å². The molecule has 0 spiro atoms. The first kappa shape index (κ1) is 18.0. The van der Waals surface area contributed by atoms with Crippen LogP contribution in [0.1, 0.15) is 18.9 Å². The zero-order valence-electron chi connectivity index (χ0n) is 12.7. The number of benzene rings is 1. The van der Waals surface area contributed by atoms with Gasteiger partial charge in [-0.25, -0.2) is 0 Å². The Kier molecular flexibility index (Phi) is 7.45. The van der Waals surface area contributed by atoms with Crippen LogP contribution in [-0.2, 0) is 20.1 Å². The highest BCUT2D eigenvalue weighted by atomic mass is 32.2. The molecule has 0 atom stereocenters. The molecular weight excluding hydrogens is 304 g/mol. The number of nitrogens with zero attached hydrogens (tertiary/aromatic N) is 1. The lowest BCUT2D eigenvalue weighted by atomic mass is 10.2. The average molecular weight is 324 g/mol. The Hall–Kier alpha value is -2.02. The molecule has 6 nitrogen and oxygen atoms in total. The van der Waals surface area contributed by atoms with Gasteiger partial charge in [0.2, 0.25) is 11.8 Å². The molecule has 1 aromatic rings. The second-order valence-electron chi connectivity index (χ2n) is 4.82. The van der Waals surface area contributed by atoms with E-state index in [9.17, 15) is 14.4 Å². The van der Waals surface area contributed by atoms with Crippen molar-refractivity contribution in [3.63, 3.8) is 0 Å². The summed E-state index contributed by atoms with van der Waals surface area (Å²) < 4.78 is 0. The molecule has 0 unspecified atom stereocenters. The van der Waals surface area contributed by atoms with Crippen LogP contribution < -0.4 is 5.32 Å². The maximum atomic E-state index is 11.8. The first-order chi connectivity index (χ1) is 10.4. The van der Waals surface area contributed by atoms with Crippen molar-refractivity contribution in [2.45, 2.75) is 19.1 Å². The Morgan fingerprint density at radius 3 is 2.68 bits per heavy atom. The number of likely N-dealkylation sites (N-methyl/N-ethyl adjacent to an activating group) is 1. The van der Waals surface area contributed by atoms with Crippen molar-refractivity contribution in [1.82, 2.24) is 4.90 Å². The van der Waals surface area contributed by atoms with Crippen molar-refractivity contribution >= 4 is 35.2 Å². The number of amides is 2. The van der Waals surface area contributed by atoms with Crippen LogP contribution in [-0.4, -0.2) is 47.1 Å². The van der Waals surface area contributed by atoms with Crippen LogP contribution >= 0.6 is 11.8 Å². The summed E-state index contributed by atoms with van der Waals surface area (Å²) in [6.45, 7) is 1.41. The van der Waals surface area contributed by atoms with Gasteiger partial charge in [-0.3, -0.25) is 14.4 Å². The molecule has 2 amide bonds. The van der Waals surface area contributed by atoms with Crippen LogP contribution in [0.3, 0.4) is 0 Å². The van der Waals surface area contributed by atoms with Gasteiger partial charge in [0.05, 0.1) is 13.0 Å². The first-order valence-electron chi connectivity index (χ1n) is 6.78. The minimum absolute atomic E-state index is 0.00687. The van der Waals surface area contributed by atoms with E-state index in [1.54, 1.807) is 13.1 Å². The van der Waals surface area contributed by atoms with Crippen LogP contribution in [0.15, 0.2) is 24.3 Å². The molecule has 0 radical (unpaired) electrons. The van der Waals surface area contributed by atoms with Gasteiger partial charge in [-0.05, 0) is 17.7 Å². The van der Waals surface area contributed by atoms with Crippen LogP contribution in [0.5, 0.6) is 0 Å². The van der Waals surface area contributed by atoms with E-state index in [0.29, 0.717) is 17.2 Å². The fourth-order valence-electron chi connectivity index (χ4n) is 1.62. The molecular formula is C15H20N2O4S. The largest absolute Gasteiger partial charge is 0.481 e. The van der Waals surface area contributed by atoms with E-state index in [4.69, 9.17) is 5.11 Å². The third kappa shape index (κ3) is 7.12.